The fourth-order valence-electron chi connectivity index (χ4n) is 2.37. The molecule has 1 heterocycles. The summed E-state index contributed by atoms with van der Waals surface area (Å²) < 4.78 is 51.4. The zero-order valence-electron chi connectivity index (χ0n) is 11.1. The van der Waals surface area contributed by atoms with E-state index in [1.165, 1.54) is 16.4 Å². The molecule has 1 aromatic carbocycles. The molecular weight excluding hydrogens is 286 g/mol. The lowest BCUT2D eigenvalue weighted by molar-refractivity contribution is 0.270. The van der Waals surface area contributed by atoms with Crippen molar-refractivity contribution in [3.8, 4) is 0 Å². The fourth-order valence-corrected chi connectivity index (χ4v) is 4.03. The summed E-state index contributed by atoms with van der Waals surface area (Å²) in [5.41, 5.74) is 0.612. The fraction of sp³-hybridized carbons (Fsp3) is 0.538. The van der Waals surface area contributed by atoms with Gasteiger partial charge in [0.25, 0.3) is 0 Å². The molecule has 1 saturated heterocycles. The number of alkyl halides is 1. The maximum atomic E-state index is 13.3. The number of hydrogen-bond acceptors (Lipinski definition) is 3. The average Bonchev–Trinajstić information content (AvgIpc) is 2.45. The Kier molecular flexibility index (Phi) is 5.06. The van der Waals surface area contributed by atoms with Crippen LogP contribution >= 0.6 is 0 Å². The van der Waals surface area contributed by atoms with Crippen LogP contribution in [0.5, 0.6) is 0 Å². The van der Waals surface area contributed by atoms with E-state index in [1.807, 2.05) is 0 Å². The van der Waals surface area contributed by atoms with E-state index >= 15 is 0 Å². The molecule has 0 saturated carbocycles. The average molecular weight is 304 g/mol. The molecule has 1 N–H and O–H groups in total. The van der Waals surface area contributed by atoms with Crippen LogP contribution < -0.4 is 5.32 Å². The second-order valence-corrected chi connectivity index (χ2v) is 6.79. The standard InChI is InChI=1S/C13H18F2N2O2S/c14-5-2-8-20(18,19)17-7-6-16-10-13(17)11-3-1-4-12(15)9-11/h1,3-4,9,13,16H,2,5-8,10H2. The molecule has 20 heavy (non-hydrogen) atoms. The van der Waals surface area contributed by atoms with Crippen molar-refractivity contribution in [1.82, 2.24) is 9.62 Å². The summed E-state index contributed by atoms with van der Waals surface area (Å²) >= 11 is 0. The predicted octanol–water partition coefficient (Wildman–Crippen LogP) is 1.46. The Labute approximate surface area is 117 Å². The third-order valence-electron chi connectivity index (χ3n) is 3.32. The Hall–Kier alpha value is -1.05. The topological polar surface area (TPSA) is 49.4 Å². The number of nitrogens with zero attached hydrogens (tertiary/aromatic N) is 1. The molecule has 0 amide bonds. The van der Waals surface area contributed by atoms with Crippen LogP contribution in [-0.2, 0) is 10.0 Å². The predicted molar refractivity (Wildman–Crippen MR) is 73.1 cm³/mol. The number of benzene rings is 1. The van der Waals surface area contributed by atoms with Gasteiger partial charge in [0.05, 0.1) is 18.5 Å². The number of nitrogens with one attached hydrogen (secondary N) is 1. The SMILES string of the molecule is O=S(=O)(CCCF)N1CCNCC1c1cccc(F)c1. The highest BCUT2D eigenvalue weighted by atomic mass is 32.2. The second kappa shape index (κ2) is 6.60. The van der Waals surface area contributed by atoms with Crippen LogP contribution in [0.4, 0.5) is 8.78 Å². The molecule has 2 rings (SSSR count). The zero-order chi connectivity index (χ0) is 14.6. The molecule has 0 aromatic heterocycles. The Morgan fingerprint density at radius 1 is 1.40 bits per heavy atom. The summed E-state index contributed by atoms with van der Waals surface area (Å²) in [5.74, 6) is -0.607. The van der Waals surface area contributed by atoms with Crippen molar-refractivity contribution >= 4 is 10.0 Å². The summed E-state index contributed by atoms with van der Waals surface area (Å²) in [6, 6.07) is 5.49. The number of sulfonamides is 1. The van der Waals surface area contributed by atoms with Gasteiger partial charge in [0.2, 0.25) is 10.0 Å². The quantitative estimate of drug-likeness (QED) is 0.896. The third kappa shape index (κ3) is 3.53. The second-order valence-electron chi connectivity index (χ2n) is 4.74. The van der Waals surface area contributed by atoms with Gasteiger partial charge in [0, 0.05) is 19.6 Å². The van der Waals surface area contributed by atoms with Crippen LogP contribution in [0.3, 0.4) is 0 Å². The monoisotopic (exact) mass is 304 g/mol. The van der Waals surface area contributed by atoms with Gasteiger partial charge in [-0.25, -0.2) is 12.8 Å². The molecule has 1 fully saturated rings. The van der Waals surface area contributed by atoms with E-state index in [2.05, 4.69) is 5.32 Å². The van der Waals surface area contributed by atoms with Crippen molar-refractivity contribution in [2.24, 2.45) is 0 Å². The zero-order valence-corrected chi connectivity index (χ0v) is 11.9. The molecule has 112 valence electrons. The molecule has 1 unspecified atom stereocenters. The van der Waals surface area contributed by atoms with Crippen molar-refractivity contribution in [3.05, 3.63) is 35.6 Å². The lowest BCUT2D eigenvalue weighted by atomic mass is 10.1. The van der Waals surface area contributed by atoms with Gasteiger partial charge in [0.1, 0.15) is 5.82 Å². The van der Waals surface area contributed by atoms with Crippen LogP contribution in [0.25, 0.3) is 0 Å². The molecule has 1 atom stereocenters. The number of hydrogen-bond donors (Lipinski definition) is 1. The van der Waals surface area contributed by atoms with Crippen LogP contribution in [0, 0.1) is 5.82 Å². The van der Waals surface area contributed by atoms with Gasteiger partial charge in [-0.15, -0.1) is 0 Å². The first-order valence-electron chi connectivity index (χ1n) is 6.56. The van der Waals surface area contributed by atoms with Gasteiger partial charge < -0.3 is 5.32 Å². The summed E-state index contributed by atoms with van der Waals surface area (Å²) in [4.78, 5) is 0. The van der Waals surface area contributed by atoms with E-state index in [0.29, 0.717) is 25.2 Å². The van der Waals surface area contributed by atoms with E-state index in [-0.39, 0.29) is 12.2 Å². The number of halogens is 2. The lowest BCUT2D eigenvalue weighted by Crippen LogP contribution is -2.49. The molecule has 0 bridgehead atoms. The molecule has 1 aliphatic rings. The Morgan fingerprint density at radius 2 is 2.20 bits per heavy atom. The molecule has 4 nitrogen and oxygen atoms in total. The van der Waals surface area contributed by atoms with Gasteiger partial charge in [-0.3, -0.25) is 4.39 Å². The largest absolute Gasteiger partial charge is 0.313 e. The molecule has 1 aliphatic heterocycles. The van der Waals surface area contributed by atoms with Crippen molar-refractivity contribution in [1.29, 1.82) is 0 Å². The minimum absolute atomic E-state index is 0.0118. The molecule has 0 spiro atoms. The van der Waals surface area contributed by atoms with E-state index in [0.717, 1.165) is 0 Å². The Balaban J connectivity index is 2.25. The maximum Gasteiger partial charge on any atom is 0.214 e. The summed E-state index contributed by atoms with van der Waals surface area (Å²) in [5, 5.41) is 3.11. The van der Waals surface area contributed by atoms with Crippen molar-refractivity contribution in [2.75, 3.05) is 32.1 Å². The molecule has 0 radical (unpaired) electrons. The minimum atomic E-state index is -3.52. The van der Waals surface area contributed by atoms with Crippen LogP contribution in [0.15, 0.2) is 24.3 Å². The van der Waals surface area contributed by atoms with E-state index in [4.69, 9.17) is 0 Å². The first-order chi connectivity index (χ1) is 9.54. The van der Waals surface area contributed by atoms with Gasteiger partial charge in [0.15, 0.2) is 0 Å². The minimum Gasteiger partial charge on any atom is -0.313 e. The summed E-state index contributed by atoms with van der Waals surface area (Å²) in [7, 11) is -3.52. The van der Waals surface area contributed by atoms with Crippen LogP contribution in [-0.4, -0.2) is 44.8 Å². The smallest absolute Gasteiger partial charge is 0.214 e. The molecule has 7 heteroatoms. The highest BCUT2D eigenvalue weighted by Gasteiger charge is 2.32. The summed E-state index contributed by atoms with van der Waals surface area (Å²) in [6.45, 7) is 0.630. The number of rotatable bonds is 5. The highest BCUT2D eigenvalue weighted by molar-refractivity contribution is 7.89. The van der Waals surface area contributed by atoms with Crippen molar-refractivity contribution in [3.63, 3.8) is 0 Å². The summed E-state index contributed by atoms with van der Waals surface area (Å²) in [6.07, 6.45) is -0.0118. The van der Waals surface area contributed by atoms with E-state index in [1.54, 1.807) is 12.1 Å². The Bertz CT molecular complexity index is 551. The van der Waals surface area contributed by atoms with Crippen LogP contribution in [0.1, 0.15) is 18.0 Å². The normalized spacial score (nSPS) is 21.0. The molecule has 0 aliphatic carbocycles. The van der Waals surface area contributed by atoms with E-state index in [9.17, 15) is 17.2 Å². The van der Waals surface area contributed by atoms with Crippen LogP contribution in [0.2, 0.25) is 0 Å². The van der Waals surface area contributed by atoms with E-state index < -0.39 is 28.6 Å². The first-order valence-corrected chi connectivity index (χ1v) is 8.17. The van der Waals surface area contributed by atoms with Gasteiger partial charge in [-0.05, 0) is 24.1 Å². The van der Waals surface area contributed by atoms with Gasteiger partial charge in [-0.1, -0.05) is 12.1 Å². The molecular formula is C13H18F2N2O2S. The highest BCUT2D eigenvalue weighted by Crippen LogP contribution is 2.26. The van der Waals surface area contributed by atoms with Crippen molar-refractivity contribution in [2.45, 2.75) is 12.5 Å². The first kappa shape index (κ1) is 15.3. The lowest BCUT2D eigenvalue weighted by Gasteiger charge is -2.35. The third-order valence-corrected chi connectivity index (χ3v) is 5.28. The van der Waals surface area contributed by atoms with Gasteiger partial charge >= 0.3 is 0 Å². The Morgan fingerprint density at radius 3 is 2.90 bits per heavy atom. The molecule has 1 aromatic rings. The number of piperazine rings is 1. The maximum absolute atomic E-state index is 13.3. The van der Waals surface area contributed by atoms with Crippen molar-refractivity contribution < 1.29 is 17.2 Å². The van der Waals surface area contributed by atoms with Gasteiger partial charge in [-0.2, -0.15) is 4.31 Å².